The van der Waals surface area contributed by atoms with Crippen LogP contribution in [0.25, 0.3) is 0 Å². The van der Waals surface area contributed by atoms with Gasteiger partial charge in [-0.3, -0.25) is 0 Å². The molecule has 0 spiro atoms. The Hall–Kier alpha value is 0.140. The Labute approximate surface area is 97.3 Å². The third-order valence-electron chi connectivity index (χ3n) is 3.22. The molecule has 2 unspecified atom stereocenters. The van der Waals surface area contributed by atoms with E-state index in [1.807, 2.05) is 0 Å². The van der Waals surface area contributed by atoms with Gasteiger partial charge in [0.2, 0.25) is 0 Å². The topological polar surface area (TPSA) is 20.2 Å². The minimum absolute atomic E-state index is 0.271. The van der Waals surface area contributed by atoms with Crippen molar-refractivity contribution in [3.05, 3.63) is 20.3 Å². The van der Waals surface area contributed by atoms with Crippen LogP contribution in [0.3, 0.4) is 0 Å². The van der Waals surface area contributed by atoms with Gasteiger partial charge in [-0.25, -0.2) is 0 Å². The largest absolute Gasteiger partial charge is 0.388 e. The van der Waals surface area contributed by atoms with E-state index in [1.54, 1.807) is 11.3 Å². The molecular weight excluding hydrogens is 260 g/mol. The Morgan fingerprint density at radius 3 is 2.57 bits per heavy atom. The number of aliphatic hydroxyl groups excluding tert-OH is 1. The molecule has 1 saturated carbocycles. The summed E-state index contributed by atoms with van der Waals surface area (Å²) < 4.78 is 1.11. The van der Waals surface area contributed by atoms with E-state index in [1.165, 1.54) is 4.88 Å². The van der Waals surface area contributed by atoms with Gasteiger partial charge in [0.15, 0.2) is 0 Å². The van der Waals surface area contributed by atoms with E-state index < -0.39 is 0 Å². The van der Waals surface area contributed by atoms with E-state index in [9.17, 15) is 5.11 Å². The lowest BCUT2D eigenvalue weighted by atomic mass is 10.0. The second-order valence-corrected chi connectivity index (χ2v) is 7.44. The van der Waals surface area contributed by atoms with Crippen molar-refractivity contribution in [3.63, 3.8) is 0 Å². The number of thiophene rings is 1. The summed E-state index contributed by atoms with van der Waals surface area (Å²) in [7, 11) is 0. The minimum Gasteiger partial charge on any atom is -0.388 e. The van der Waals surface area contributed by atoms with Crippen LogP contribution < -0.4 is 0 Å². The second kappa shape index (κ2) is 3.32. The molecule has 2 rings (SSSR count). The van der Waals surface area contributed by atoms with Gasteiger partial charge in [0.25, 0.3) is 0 Å². The smallest absolute Gasteiger partial charge is 0.0834 e. The van der Waals surface area contributed by atoms with E-state index in [-0.39, 0.29) is 6.10 Å². The van der Waals surface area contributed by atoms with Gasteiger partial charge < -0.3 is 5.11 Å². The van der Waals surface area contributed by atoms with Crippen molar-refractivity contribution in [1.29, 1.82) is 0 Å². The number of halogens is 1. The van der Waals surface area contributed by atoms with Crippen molar-refractivity contribution in [1.82, 2.24) is 0 Å². The van der Waals surface area contributed by atoms with Gasteiger partial charge in [0.1, 0.15) is 0 Å². The van der Waals surface area contributed by atoms with Crippen LogP contribution in [0, 0.1) is 18.3 Å². The van der Waals surface area contributed by atoms with Crippen LogP contribution in [-0.4, -0.2) is 5.11 Å². The summed E-state index contributed by atoms with van der Waals surface area (Å²) in [6.07, 6.45) is 0.869. The maximum absolute atomic E-state index is 10.2. The fourth-order valence-corrected chi connectivity index (χ4v) is 3.77. The minimum atomic E-state index is -0.271. The molecule has 1 aromatic heterocycles. The lowest BCUT2D eigenvalue weighted by molar-refractivity contribution is 0.138. The van der Waals surface area contributed by atoms with Crippen LogP contribution in [0.5, 0.6) is 0 Å². The monoisotopic (exact) mass is 274 g/mol. The van der Waals surface area contributed by atoms with Gasteiger partial charge in [-0.1, -0.05) is 13.8 Å². The molecule has 1 aliphatic rings. The van der Waals surface area contributed by atoms with Crippen LogP contribution in [-0.2, 0) is 0 Å². The number of aliphatic hydroxyl groups is 1. The van der Waals surface area contributed by atoms with Gasteiger partial charge in [-0.15, -0.1) is 11.3 Å². The fraction of sp³-hybridized carbons (Fsp3) is 0.636. The zero-order chi connectivity index (χ0) is 10.5. The van der Waals surface area contributed by atoms with Gasteiger partial charge in [-0.05, 0) is 52.2 Å². The highest BCUT2D eigenvalue weighted by Crippen LogP contribution is 2.58. The first-order valence-corrected chi connectivity index (χ1v) is 6.46. The highest BCUT2D eigenvalue weighted by atomic mass is 79.9. The summed E-state index contributed by atoms with van der Waals surface area (Å²) in [5.41, 5.74) is 1.44. The molecule has 0 amide bonds. The average Bonchev–Trinajstić information content (AvgIpc) is 2.55. The third kappa shape index (κ3) is 1.77. The molecule has 1 heterocycles. The van der Waals surface area contributed by atoms with E-state index in [2.05, 4.69) is 42.8 Å². The Morgan fingerprint density at radius 2 is 2.21 bits per heavy atom. The first-order valence-electron chi connectivity index (χ1n) is 4.86. The first-order chi connectivity index (χ1) is 6.42. The SMILES string of the molecule is Cc1sc(Br)cc1C(O)C1CC1(C)C. The Balaban J connectivity index is 2.20. The standard InChI is InChI=1S/C11H15BrOS/c1-6-7(4-9(12)14-6)10(13)8-5-11(8,2)3/h4,8,10,13H,5H2,1-3H3. The predicted octanol–water partition coefficient (Wildman–Crippen LogP) is 3.90. The van der Waals surface area contributed by atoms with Crippen molar-refractivity contribution in [3.8, 4) is 0 Å². The maximum atomic E-state index is 10.2. The molecular formula is C11H15BrOS. The van der Waals surface area contributed by atoms with E-state index in [0.717, 1.165) is 15.8 Å². The van der Waals surface area contributed by atoms with Crippen LogP contribution in [0.4, 0.5) is 0 Å². The molecule has 78 valence electrons. The van der Waals surface area contributed by atoms with E-state index >= 15 is 0 Å². The highest BCUT2D eigenvalue weighted by Gasteiger charge is 2.50. The van der Waals surface area contributed by atoms with Crippen molar-refractivity contribution < 1.29 is 5.11 Å². The van der Waals surface area contributed by atoms with Crippen LogP contribution in [0.15, 0.2) is 9.85 Å². The van der Waals surface area contributed by atoms with Crippen LogP contribution in [0.2, 0.25) is 0 Å². The zero-order valence-electron chi connectivity index (χ0n) is 8.67. The Bertz CT molecular complexity index is 356. The first kappa shape index (κ1) is 10.7. The summed E-state index contributed by atoms with van der Waals surface area (Å²) >= 11 is 5.16. The van der Waals surface area contributed by atoms with Crippen molar-refractivity contribution in [2.75, 3.05) is 0 Å². The predicted molar refractivity (Wildman–Crippen MR) is 63.6 cm³/mol. The lowest BCUT2D eigenvalue weighted by Crippen LogP contribution is -2.04. The molecule has 1 aliphatic carbocycles. The normalized spacial score (nSPS) is 26.2. The summed E-state index contributed by atoms with van der Waals surface area (Å²) in [5.74, 6) is 0.447. The van der Waals surface area contributed by atoms with Gasteiger partial charge in [0, 0.05) is 4.88 Å². The number of rotatable bonds is 2. The number of hydrogen-bond donors (Lipinski definition) is 1. The van der Waals surface area contributed by atoms with Gasteiger partial charge in [0.05, 0.1) is 9.89 Å². The summed E-state index contributed by atoms with van der Waals surface area (Å²) in [6.45, 7) is 6.51. The average molecular weight is 275 g/mol. The van der Waals surface area contributed by atoms with Crippen molar-refractivity contribution in [2.45, 2.75) is 33.3 Å². The molecule has 1 aromatic rings. The molecule has 1 nitrogen and oxygen atoms in total. The molecule has 1 N–H and O–H groups in total. The maximum Gasteiger partial charge on any atom is 0.0834 e. The molecule has 0 bridgehead atoms. The molecule has 0 radical (unpaired) electrons. The third-order valence-corrected chi connectivity index (χ3v) is 4.78. The molecule has 0 aromatic carbocycles. The van der Waals surface area contributed by atoms with Gasteiger partial charge >= 0.3 is 0 Å². The number of hydrogen-bond acceptors (Lipinski definition) is 2. The van der Waals surface area contributed by atoms with Gasteiger partial charge in [-0.2, -0.15) is 0 Å². The summed E-state index contributed by atoms with van der Waals surface area (Å²) in [6, 6.07) is 2.05. The Kier molecular flexibility index (Phi) is 2.53. The zero-order valence-corrected chi connectivity index (χ0v) is 11.1. The summed E-state index contributed by atoms with van der Waals surface area (Å²) in [5, 5.41) is 10.2. The van der Waals surface area contributed by atoms with E-state index in [0.29, 0.717) is 11.3 Å². The molecule has 3 heteroatoms. The van der Waals surface area contributed by atoms with Crippen LogP contribution in [0.1, 0.15) is 36.8 Å². The molecule has 0 aliphatic heterocycles. The highest BCUT2D eigenvalue weighted by molar-refractivity contribution is 9.11. The molecule has 14 heavy (non-hydrogen) atoms. The molecule has 1 fully saturated rings. The molecule has 2 atom stereocenters. The van der Waals surface area contributed by atoms with Crippen LogP contribution >= 0.6 is 27.3 Å². The summed E-state index contributed by atoms with van der Waals surface area (Å²) in [4.78, 5) is 1.23. The lowest BCUT2D eigenvalue weighted by Gasteiger charge is -2.11. The quantitative estimate of drug-likeness (QED) is 0.868. The molecule has 0 saturated heterocycles. The fourth-order valence-electron chi connectivity index (χ4n) is 2.02. The van der Waals surface area contributed by atoms with Crippen molar-refractivity contribution in [2.24, 2.45) is 11.3 Å². The van der Waals surface area contributed by atoms with E-state index in [4.69, 9.17) is 0 Å². The Morgan fingerprint density at radius 1 is 1.64 bits per heavy atom. The van der Waals surface area contributed by atoms with Crippen molar-refractivity contribution >= 4 is 27.3 Å². The second-order valence-electron chi connectivity index (χ2n) is 4.81. The number of aryl methyl sites for hydroxylation is 1.